The zero-order valence-electron chi connectivity index (χ0n) is 32.4. The molecule has 1 saturated carbocycles. The predicted octanol–water partition coefficient (Wildman–Crippen LogP) is 5.22. The number of carbonyl (C=O) groups excluding carboxylic acids is 4. The molecule has 288 valence electrons. The largest absolute Gasteiger partial charge is 0.469 e. The highest BCUT2D eigenvalue weighted by molar-refractivity contribution is 5.97. The summed E-state index contributed by atoms with van der Waals surface area (Å²) in [5, 5.41) is 47.5. The molecule has 2 bridgehead atoms. The van der Waals surface area contributed by atoms with Crippen LogP contribution in [0.1, 0.15) is 126 Å². The van der Waals surface area contributed by atoms with E-state index in [9.17, 15) is 39.6 Å². The molecule has 4 rings (SSSR count). The minimum atomic E-state index is -1.96. The molecule has 51 heavy (non-hydrogen) atoms. The molecule has 2 fully saturated rings. The second-order valence-corrected chi connectivity index (χ2v) is 17.5. The quantitative estimate of drug-likeness (QED) is 0.220. The van der Waals surface area contributed by atoms with Gasteiger partial charge in [-0.1, -0.05) is 52.2 Å². The van der Waals surface area contributed by atoms with E-state index in [0.717, 1.165) is 12.0 Å². The highest BCUT2D eigenvalue weighted by Crippen LogP contribution is 2.56. The maximum absolute atomic E-state index is 14.7. The van der Waals surface area contributed by atoms with Crippen molar-refractivity contribution in [1.29, 1.82) is 0 Å². The molecule has 10 nitrogen and oxygen atoms in total. The van der Waals surface area contributed by atoms with Crippen molar-refractivity contribution in [3.63, 3.8) is 0 Å². The van der Waals surface area contributed by atoms with E-state index in [1.165, 1.54) is 7.11 Å². The molecule has 4 N–H and O–H groups in total. The number of ketones is 3. The number of esters is 1. The van der Waals surface area contributed by atoms with Crippen LogP contribution >= 0.6 is 0 Å². The summed E-state index contributed by atoms with van der Waals surface area (Å²) in [6, 6.07) is 0. The van der Waals surface area contributed by atoms with Gasteiger partial charge in [0.05, 0.1) is 54.1 Å². The topological polar surface area (TPSA) is 168 Å². The van der Waals surface area contributed by atoms with E-state index < -0.39 is 71.2 Å². The summed E-state index contributed by atoms with van der Waals surface area (Å²) in [5.74, 6) is -5.40. The summed E-state index contributed by atoms with van der Waals surface area (Å²) in [7, 11) is 1.20. The molecule has 1 saturated heterocycles. The molecule has 0 radical (unpaired) electrons. The molecule has 4 aliphatic rings. The Morgan fingerprint density at radius 1 is 0.922 bits per heavy atom. The second-order valence-electron chi connectivity index (χ2n) is 17.5. The molecule has 12 unspecified atom stereocenters. The van der Waals surface area contributed by atoms with Crippen LogP contribution in [0, 0.1) is 40.9 Å². The molecule has 0 spiro atoms. The van der Waals surface area contributed by atoms with Crippen molar-refractivity contribution >= 4 is 23.3 Å². The van der Waals surface area contributed by atoms with Crippen LogP contribution in [0.4, 0.5) is 0 Å². The first kappa shape index (κ1) is 41.5. The van der Waals surface area contributed by atoms with Gasteiger partial charge in [-0.25, -0.2) is 0 Å². The number of ether oxygens (including phenoxy) is 2. The Labute approximate surface area is 304 Å². The number of fused-ring (bicyclic) bond motifs is 5. The van der Waals surface area contributed by atoms with Gasteiger partial charge in [0.15, 0.2) is 0 Å². The van der Waals surface area contributed by atoms with E-state index in [0.29, 0.717) is 44.1 Å². The van der Waals surface area contributed by atoms with Crippen molar-refractivity contribution in [3.05, 3.63) is 22.8 Å². The summed E-state index contributed by atoms with van der Waals surface area (Å²) in [6.45, 7) is 14.4. The fourth-order valence-electron chi connectivity index (χ4n) is 9.58. The van der Waals surface area contributed by atoms with Crippen molar-refractivity contribution in [3.8, 4) is 0 Å². The fourth-order valence-corrected chi connectivity index (χ4v) is 9.58. The number of carbonyl (C=O) groups is 4. The van der Waals surface area contributed by atoms with Gasteiger partial charge < -0.3 is 29.9 Å². The minimum Gasteiger partial charge on any atom is -0.469 e. The van der Waals surface area contributed by atoms with Gasteiger partial charge in [-0.05, 0) is 82.8 Å². The monoisotopic (exact) mass is 716 g/mol. The van der Waals surface area contributed by atoms with Gasteiger partial charge >= 0.3 is 5.97 Å². The van der Waals surface area contributed by atoms with E-state index in [1.807, 2.05) is 40.7 Å². The molecule has 2 aliphatic heterocycles. The number of aliphatic hydroxyl groups excluding tert-OH is 2. The van der Waals surface area contributed by atoms with Crippen LogP contribution in [-0.2, 0) is 28.7 Å². The summed E-state index contributed by atoms with van der Waals surface area (Å²) >= 11 is 0. The number of hydrogen-bond donors (Lipinski definition) is 4. The summed E-state index contributed by atoms with van der Waals surface area (Å²) < 4.78 is 11.8. The number of aliphatic hydroxyl groups is 4. The van der Waals surface area contributed by atoms with Gasteiger partial charge in [-0.2, -0.15) is 0 Å². The van der Waals surface area contributed by atoms with Crippen LogP contribution in [0.3, 0.4) is 0 Å². The molecule has 0 amide bonds. The Kier molecular flexibility index (Phi) is 13.0. The standard InChI is InChI=1S/C41H64O10/c1-22(2)27-19-29(42)25(5)12-10-11-23(3)18-30(43)36-37(46)26(6)35-28(41(36,21-31(27)44)38(47)50-9)17-24(4)13-14-33-39(7,48)16-15-34(51-33)40(8,49)20-32(35)45/h17,22-23,25,27-28,32-34,36-37,45-46,48-49H,10-16,18-21H2,1-9H3. The summed E-state index contributed by atoms with van der Waals surface area (Å²) in [5.41, 5.74) is -3.32. The van der Waals surface area contributed by atoms with Gasteiger partial charge in [0.25, 0.3) is 0 Å². The van der Waals surface area contributed by atoms with Crippen molar-refractivity contribution in [1.82, 2.24) is 0 Å². The van der Waals surface area contributed by atoms with E-state index >= 15 is 0 Å². The number of hydrogen-bond acceptors (Lipinski definition) is 10. The summed E-state index contributed by atoms with van der Waals surface area (Å²) in [6.07, 6.45) is 0.515. The average molecular weight is 717 g/mol. The third kappa shape index (κ3) is 8.45. The van der Waals surface area contributed by atoms with Crippen molar-refractivity contribution in [2.75, 3.05) is 7.11 Å². The first-order valence-electron chi connectivity index (χ1n) is 19.2. The summed E-state index contributed by atoms with van der Waals surface area (Å²) in [4.78, 5) is 57.5. The maximum Gasteiger partial charge on any atom is 0.314 e. The Morgan fingerprint density at radius 2 is 1.57 bits per heavy atom. The van der Waals surface area contributed by atoms with Gasteiger partial charge in [-0.3, -0.25) is 19.2 Å². The van der Waals surface area contributed by atoms with E-state index in [-0.39, 0.29) is 59.9 Å². The Morgan fingerprint density at radius 3 is 2.20 bits per heavy atom. The Balaban J connectivity index is 2.02. The Bertz CT molecular complexity index is 1390. The van der Waals surface area contributed by atoms with E-state index in [2.05, 4.69) is 0 Å². The van der Waals surface area contributed by atoms with Crippen LogP contribution in [0.25, 0.3) is 0 Å². The normalized spacial score (nSPS) is 42.5. The minimum absolute atomic E-state index is 0.00109. The smallest absolute Gasteiger partial charge is 0.314 e. The van der Waals surface area contributed by atoms with Crippen LogP contribution < -0.4 is 0 Å². The first-order valence-corrected chi connectivity index (χ1v) is 19.2. The van der Waals surface area contributed by atoms with Crippen LogP contribution in [0.2, 0.25) is 0 Å². The van der Waals surface area contributed by atoms with E-state index in [4.69, 9.17) is 9.47 Å². The molecule has 10 heteroatoms. The SMILES string of the molecule is COC(=O)C12CC(=O)C(C(C)C)CC(=O)C(C)CCCC(C)CC(=O)C1C(O)C(C)=C1C(O)CC(C)(O)C3CCC(C)(O)C(CCC(C)=CC12)O3. The number of rotatable bonds is 2. The van der Waals surface area contributed by atoms with E-state index in [1.54, 1.807) is 20.8 Å². The van der Waals surface area contributed by atoms with Crippen molar-refractivity contribution < 1.29 is 49.1 Å². The second kappa shape index (κ2) is 16.0. The molecule has 12 atom stereocenters. The lowest BCUT2D eigenvalue weighted by atomic mass is 9.52. The highest BCUT2D eigenvalue weighted by Gasteiger charge is 2.63. The zero-order valence-corrected chi connectivity index (χ0v) is 32.4. The lowest BCUT2D eigenvalue weighted by Crippen LogP contribution is -2.60. The first-order chi connectivity index (χ1) is 23.7. The van der Waals surface area contributed by atoms with Gasteiger partial charge in [0.2, 0.25) is 0 Å². The number of allylic oxidation sites excluding steroid dienone is 2. The molecule has 2 aliphatic carbocycles. The Hall–Kier alpha value is -2.24. The van der Waals surface area contributed by atoms with Crippen LogP contribution in [0.5, 0.6) is 0 Å². The third-order valence-electron chi connectivity index (χ3n) is 13.0. The van der Waals surface area contributed by atoms with Gasteiger partial charge in [0, 0.05) is 43.4 Å². The van der Waals surface area contributed by atoms with Crippen molar-refractivity contribution in [2.24, 2.45) is 40.9 Å². The maximum atomic E-state index is 14.7. The third-order valence-corrected chi connectivity index (χ3v) is 13.0. The zero-order chi connectivity index (χ0) is 38.2. The lowest BCUT2D eigenvalue weighted by Gasteiger charge is -2.52. The highest BCUT2D eigenvalue weighted by atomic mass is 16.5. The van der Waals surface area contributed by atoms with Crippen LogP contribution in [0.15, 0.2) is 22.8 Å². The molecule has 0 aromatic carbocycles. The molecular formula is C41H64O10. The number of methoxy groups -OCH3 is 1. The van der Waals surface area contributed by atoms with Crippen molar-refractivity contribution in [2.45, 2.75) is 162 Å². The van der Waals surface area contributed by atoms with Crippen LogP contribution in [-0.4, -0.2) is 86.5 Å². The van der Waals surface area contributed by atoms with Gasteiger partial charge in [0.1, 0.15) is 17.3 Å². The lowest BCUT2D eigenvalue weighted by molar-refractivity contribution is -0.219. The van der Waals surface area contributed by atoms with Gasteiger partial charge in [-0.15, -0.1) is 0 Å². The molecule has 0 aromatic heterocycles. The average Bonchev–Trinajstić information content (AvgIpc) is 3.03. The fraction of sp³-hybridized carbons (Fsp3) is 0.805. The molecule has 2 heterocycles. The predicted molar refractivity (Wildman–Crippen MR) is 192 cm³/mol. The molecule has 0 aromatic rings. The molecular weight excluding hydrogens is 652 g/mol. The number of Topliss-reactive ketones (excluding diaryl/α,β-unsaturated/α-hetero) is 3.